The fourth-order valence-electron chi connectivity index (χ4n) is 1.33. The van der Waals surface area contributed by atoms with E-state index in [1.165, 1.54) is 19.1 Å². The van der Waals surface area contributed by atoms with Crippen LogP contribution in [-0.4, -0.2) is 37.4 Å². The molecule has 6 nitrogen and oxygen atoms in total. The SMILES string of the molecule is Cc1c(N)cc(S(=O)(=O)NC(C)(CO)CO)cc1Cl. The van der Waals surface area contributed by atoms with Crippen LogP contribution in [0.2, 0.25) is 5.02 Å². The van der Waals surface area contributed by atoms with Gasteiger partial charge in [0.25, 0.3) is 0 Å². The normalized spacial score (nSPS) is 12.7. The van der Waals surface area contributed by atoms with Gasteiger partial charge in [0.05, 0.1) is 23.6 Å². The van der Waals surface area contributed by atoms with E-state index in [2.05, 4.69) is 4.72 Å². The first kappa shape index (κ1) is 16.2. The van der Waals surface area contributed by atoms with Crippen molar-refractivity contribution < 1.29 is 18.6 Å². The quantitative estimate of drug-likeness (QED) is 0.583. The van der Waals surface area contributed by atoms with Crippen LogP contribution in [0, 0.1) is 6.92 Å². The second kappa shape index (κ2) is 5.64. The maximum Gasteiger partial charge on any atom is 0.241 e. The highest BCUT2D eigenvalue weighted by Crippen LogP contribution is 2.26. The second-order valence-electron chi connectivity index (χ2n) is 4.60. The van der Waals surface area contributed by atoms with Gasteiger partial charge in [-0.05, 0) is 31.5 Å². The van der Waals surface area contributed by atoms with E-state index in [0.717, 1.165) is 0 Å². The van der Waals surface area contributed by atoms with Crippen LogP contribution >= 0.6 is 11.6 Å². The average molecular weight is 309 g/mol. The molecule has 1 aromatic rings. The van der Waals surface area contributed by atoms with Crippen LogP contribution in [-0.2, 0) is 10.0 Å². The number of aliphatic hydroxyl groups is 2. The Morgan fingerprint density at radius 1 is 1.37 bits per heavy atom. The van der Waals surface area contributed by atoms with Crippen LogP contribution in [0.3, 0.4) is 0 Å². The summed E-state index contributed by atoms with van der Waals surface area (Å²) in [5.41, 5.74) is 5.16. The first-order chi connectivity index (χ1) is 8.65. The number of nitrogens with one attached hydrogen (secondary N) is 1. The van der Waals surface area contributed by atoms with Crippen LogP contribution < -0.4 is 10.5 Å². The van der Waals surface area contributed by atoms with Crippen LogP contribution in [0.1, 0.15) is 12.5 Å². The zero-order valence-corrected chi connectivity index (χ0v) is 12.2. The van der Waals surface area contributed by atoms with Gasteiger partial charge in [-0.1, -0.05) is 11.6 Å². The van der Waals surface area contributed by atoms with Gasteiger partial charge in [-0.25, -0.2) is 13.1 Å². The maximum absolute atomic E-state index is 12.1. The van der Waals surface area contributed by atoms with Crippen molar-refractivity contribution >= 4 is 27.3 Å². The summed E-state index contributed by atoms with van der Waals surface area (Å²) in [6.45, 7) is 1.96. The fourth-order valence-corrected chi connectivity index (χ4v) is 3.07. The van der Waals surface area contributed by atoms with Crippen LogP contribution in [0.25, 0.3) is 0 Å². The monoisotopic (exact) mass is 308 g/mol. The highest BCUT2D eigenvalue weighted by molar-refractivity contribution is 7.89. The molecule has 0 atom stereocenters. The number of nitrogen functional groups attached to an aromatic ring is 1. The molecule has 108 valence electrons. The summed E-state index contributed by atoms with van der Waals surface area (Å²) in [6.07, 6.45) is 0. The van der Waals surface area contributed by atoms with Gasteiger partial charge in [-0.15, -0.1) is 0 Å². The Kier molecular flexibility index (Phi) is 4.81. The zero-order chi connectivity index (χ0) is 14.8. The number of benzene rings is 1. The minimum absolute atomic E-state index is 0.117. The molecule has 0 heterocycles. The molecule has 19 heavy (non-hydrogen) atoms. The van der Waals surface area contributed by atoms with Gasteiger partial charge >= 0.3 is 0 Å². The lowest BCUT2D eigenvalue weighted by molar-refractivity contribution is 0.122. The molecule has 1 aromatic carbocycles. The topological polar surface area (TPSA) is 113 Å². The van der Waals surface area contributed by atoms with Gasteiger partial charge in [0.1, 0.15) is 0 Å². The molecule has 1 rings (SSSR count). The molecule has 0 saturated carbocycles. The van der Waals surface area contributed by atoms with E-state index >= 15 is 0 Å². The van der Waals surface area contributed by atoms with Gasteiger partial charge in [0, 0.05) is 10.7 Å². The van der Waals surface area contributed by atoms with Crippen molar-refractivity contribution in [3.63, 3.8) is 0 Å². The third-order valence-corrected chi connectivity index (χ3v) is 4.76. The Morgan fingerprint density at radius 3 is 2.32 bits per heavy atom. The predicted molar refractivity (Wildman–Crippen MR) is 73.5 cm³/mol. The van der Waals surface area contributed by atoms with Crippen molar-refractivity contribution in [1.29, 1.82) is 0 Å². The molecule has 0 radical (unpaired) electrons. The van der Waals surface area contributed by atoms with E-state index in [0.29, 0.717) is 5.56 Å². The van der Waals surface area contributed by atoms with Crippen LogP contribution in [0.4, 0.5) is 5.69 Å². The Morgan fingerprint density at radius 2 is 1.89 bits per heavy atom. The molecule has 0 fully saturated rings. The number of hydrogen-bond acceptors (Lipinski definition) is 5. The largest absolute Gasteiger partial charge is 0.398 e. The van der Waals surface area contributed by atoms with E-state index < -0.39 is 28.8 Å². The summed E-state index contributed by atoms with van der Waals surface area (Å²) in [4.78, 5) is -0.117. The highest BCUT2D eigenvalue weighted by atomic mass is 35.5. The fraction of sp³-hybridized carbons (Fsp3) is 0.455. The average Bonchev–Trinajstić information content (AvgIpc) is 2.34. The smallest absolute Gasteiger partial charge is 0.241 e. The minimum atomic E-state index is -3.94. The molecule has 0 unspecified atom stereocenters. The van der Waals surface area contributed by atoms with E-state index in [9.17, 15) is 8.42 Å². The summed E-state index contributed by atoms with van der Waals surface area (Å²) < 4.78 is 26.5. The van der Waals surface area contributed by atoms with Crippen molar-refractivity contribution in [3.8, 4) is 0 Å². The number of hydrogen-bond donors (Lipinski definition) is 4. The first-order valence-electron chi connectivity index (χ1n) is 5.46. The molecular formula is C11H17ClN2O4S. The molecule has 0 aliphatic carbocycles. The van der Waals surface area contributed by atoms with E-state index in [1.54, 1.807) is 6.92 Å². The number of sulfonamides is 1. The van der Waals surface area contributed by atoms with E-state index in [-0.39, 0.29) is 15.6 Å². The highest BCUT2D eigenvalue weighted by Gasteiger charge is 2.30. The number of rotatable bonds is 5. The number of nitrogens with two attached hydrogens (primary N) is 1. The summed E-state index contributed by atoms with van der Waals surface area (Å²) in [7, 11) is -3.94. The molecule has 0 saturated heterocycles. The summed E-state index contributed by atoms with van der Waals surface area (Å²) in [5, 5.41) is 18.5. The molecule has 0 amide bonds. The number of aliphatic hydroxyl groups excluding tert-OH is 2. The molecule has 8 heteroatoms. The van der Waals surface area contributed by atoms with Crippen molar-refractivity contribution in [3.05, 3.63) is 22.7 Å². The Balaban J connectivity index is 3.22. The maximum atomic E-state index is 12.1. The standard InChI is InChI=1S/C11H17ClN2O4S/c1-7-9(12)3-8(4-10(7)13)19(17,18)14-11(2,5-15)6-16/h3-4,14-16H,5-6,13H2,1-2H3. The van der Waals surface area contributed by atoms with Crippen molar-refractivity contribution in [2.45, 2.75) is 24.3 Å². The second-order valence-corrected chi connectivity index (χ2v) is 6.69. The Hall–Kier alpha value is -0.860. The lowest BCUT2D eigenvalue weighted by Gasteiger charge is -2.26. The van der Waals surface area contributed by atoms with Crippen molar-refractivity contribution in [2.24, 2.45) is 0 Å². The van der Waals surface area contributed by atoms with Crippen molar-refractivity contribution in [1.82, 2.24) is 4.72 Å². The molecule has 0 bridgehead atoms. The zero-order valence-electron chi connectivity index (χ0n) is 10.6. The van der Waals surface area contributed by atoms with Gasteiger partial charge in [0.2, 0.25) is 10.0 Å². The predicted octanol–water partition coefficient (Wildman–Crippen LogP) is 0.252. The van der Waals surface area contributed by atoms with Crippen LogP contribution in [0.15, 0.2) is 17.0 Å². The lowest BCUT2D eigenvalue weighted by atomic mass is 10.1. The molecule has 5 N–H and O–H groups in total. The van der Waals surface area contributed by atoms with E-state index in [4.69, 9.17) is 27.5 Å². The molecule has 0 aliphatic heterocycles. The summed E-state index contributed by atoms with van der Waals surface area (Å²) >= 11 is 5.89. The van der Waals surface area contributed by atoms with Crippen LogP contribution in [0.5, 0.6) is 0 Å². The number of anilines is 1. The molecule has 0 aromatic heterocycles. The van der Waals surface area contributed by atoms with Gasteiger partial charge in [-0.2, -0.15) is 0 Å². The summed E-state index contributed by atoms with van der Waals surface area (Å²) in [6, 6.07) is 2.55. The third kappa shape index (κ3) is 3.58. The van der Waals surface area contributed by atoms with Gasteiger partial charge in [-0.3, -0.25) is 0 Å². The minimum Gasteiger partial charge on any atom is -0.398 e. The van der Waals surface area contributed by atoms with E-state index in [1.807, 2.05) is 0 Å². The Labute approximate surface area is 117 Å². The van der Waals surface area contributed by atoms with Crippen molar-refractivity contribution in [2.75, 3.05) is 18.9 Å². The third-order valence-electron chi connectivity index (χ3n) is 2.75. The first-order valence-corrected chi connectivity index (χ1v) is 7.32. The molecular weight excluding hydrogens is 292 g/mol. The molecule has 0 aliphatic rings. The number of halogens is 1. The van der Waals surface area contributed by atoms with Gasteiger partial charge in [0.15, 0.2) is 0 Å². The van der Waals surface area contributed by atoms with Gasteiger partial charge < -0.3 is 15.9 Å². The Bertz CT molecular complexity index is 547. The lowest BCUT2D eigenvalue weighted by Crippen LogP contribution is -2.51. The molecule has 0 spiro atoms. The summed E-state index contributed by atoms with van der Waals surface area (Å²) in [5.74, 6) is 0.